The van der Waals surface area contributed by atoms with Crippen LogP contribution in [0.15, 0.2) is 30.3 Å². The van der Waals surface area contributed by atoms with Crippen LogP contribution in [0, 0.1) is 6.92 Å². The van der Waals surface area contributed by atoms with E-state index in [9.17, 15) is 48.7 Å². The number of hydrogen-bond donors (Lipinski definition) is 2. The fraction of sp³-hybridized carbons (Fsp3) is 0.364. The highest BCUT2D eigenvalue weighted by Crippen LogP contribution is 2.53. The van der Waals surface area contributed by atoms with Crippen LogP contribution < -0.4 is 11.1 Å². The van der Waals surface area contributed by atoms with Crippen molar-refractivity contribution in [3.8, 4) is 0 Å². The molecule has 2 rings (SSSR count). The molecule has 0 aromatic heterocycles. The van der Waals surface area contributed by atoms with Crippen molar-refractivity contribution in [3.05, 3.63) is 63.2 Å². The first kappa shape index (κ1) is 30.4. The largest absolute Gasteiger partial charge is 0.435 e. The number of carbonyl (C=O) groups excluding carboxylic acids is 2. The van der Waals surface area contributed by atoms with Crippen LogP contribution in [0.1, 0.15) is 50.2 Å². The Morgan fingerprint density at radius 2 is 1.57 bits per heavy atom. The fourth-order valence-corrected chi connectivity index (χ4v) is 5.01. The number of amides is 2. The lowest BCUT2D eigenvalue weighted by Crippen LogP contribution is -2.50. The standard InChI is InChI=1S/C22H20ClF7N2O4S/c1-10-6-13(20(24,21(25,26)27)22(28,29)30)4-5-16(10)32-19(34)14-7-12(11(2)9-37(3,35)36)8-15(23)17(14)18(31)33/h4-8,11H,9H2,1-3H3,(H2,31,33)(H,32,34)/t11-/m1/s1. The molecule has 0 bridgehead atoms. The average molecular weight is 577 g/mol. The first-order valence-corrected chi connectivity index (χ1v) is 12.6. The van der Waals surface area contributed by atoms with Gasteiger partial charge in [-0.2, -0.15) is 26.3 Å². The van der Waals surface area contributed by atoms with Crippen molar-refractivity contribution in [2.45, 2.75) is 37.8 Å². The summed E-state index contributed by atoms with van der Waals surface area (Å²) in [6.07, 6.45) is -11.7. The van der Waals surface area contributed by atoms with Crippen molar-refractivity contribution in [1.29, 1.82) is 0 Å². The van der Waals surface area contributed by atoms with E-state index < -0.39 is 62.3 Å². The molecule has 0 heterocycles. The second-order valence-corrected chi connectivity index (χ2v) is 11.0. The van der Waals surface area contributed by atoms with E-state index in [0.717, 1.165) is 19.2 Å². The van der Waals surface area contributed by atoms with E-state index in [1.807, 2.05) is 0 Å². The minimum absolute atomic E-state index is 0.218. The van der Waals surface area contributed by atoms with E-state index in [1.54, 1.807) is 0 Å². The van der Waals surface area contributed by atoms with Gasteiger partial charge in [-0.25, -0.2) is 12.8 Å². The van der Waals surface area contributed by atoms with E-state index in [4.69, 9.17) is 17.3 Å². The van der Waals surface area contributed by atoms with Crippen LogP contribution in [0.2, 0.25) is 5.02 Å². The number of primary amides is 1. The zero-order valence-electron chi connectivity index (χ0n) is 19.3. The molecule has 0 spiro atoms. The molecule has 204 valence electrons. The molecule has 6 nitrogen and oxygen atoms in total. The third kappa shape index (κ3) is 6.35. The molecule has 2 amide bonds. The van der Waals surface area contributed by atoms with Crippen LogP contribution in [0.4, 0.5) is 36.4 Å². The number of sulfone groups is 1. The van der Waals surface area contributed by atoms with Crippen molar-refractivity contribution >= 4 is 38.9 Å². The Bertz CT molecular complexity index is 1330. The minimum atomic E-state index is -6.32. The normalized spacial score (nSPS) is 13.8. The molecule has 0 radical (unpaired) electrons. The van der Waals surface area contributed by atoms with Gasteiger partial charge in [0.15, 0.2) is 0 Å². The Kier molecular flexibility index (Phi) is 8.30. The number of anilines is 1. The van der Waals surface area contributed by atoms with Gasteiger partial charge in [0, 0.05) is 17.5 Å². The van der Waals surface area contributed by atoms with Gasteiger partial charge in [0.05, 0.1) is 21.9 Å². The molecule has 0 aliphatic rings. The van der Waals surface area contributed by atoms with Crippen LogP contribution >= 0.6 is 11.6 Å². The third-order valence-electron chi connectivity index (χ3n) is 5.38. The average Bonchev–Trinajstić information content (AvgIpc) is 2.70. The maximum atomic E-state index is 14.4. The number of carbonyl (C=O) groups is 2. The lowest BCUT2D eigenvalue weighted by Gasteiger charge is -2.30. The van der Waals surface area contributed by atoms with E-state index in [2.05, 4.69) is 5.32 Å². The van der Waals surface area contributed by atoms with E-state index in [-0.39, 0.29) is 39.7 Å². The molecule has 15 heteroatoms. The summed E-state index contributed by atoms with van der Waals surface area (Å²) in [5, 5.41) is 1.92. The summed E-state index contributed by atoms with van der Waals surface area (Å²) < 4.78 is 116. The number of alkyl halides is 7. The van der Waals surface area contributed by atoms with Crippen LogP contribution in [-0.2, 0) is 15.5 Å². The van der Waals surface area contributed by atoms with Crippen molar-refractivity contribution in [3.63, 3.8) is 0 Å². The smallest absolute Gasteiger partial charge is 0.366 e. The molecule has 0 fully saturated rings. The topological polar surface area (TPSA) is 106 Å². The zero-order chi connectivity index (χ0) is 28.7. The summed E-state index contributed by atoms with van der Waals surface area (Å²) in [4.78, 5) is 24.9. The molecule has 2 aromatic rings. The maximum absolute atomic E-state index is 14.4. The van der Waals surface area contributed by atoms with Gasteiger partial charge < -0.3 is 11.1 Å². The van der Waals surface area contributed by atoms with Gasteiger partial charge in [-0.05, 0) is 42.2 Å². The highest BCUT2D eigenvalue weighted by molar-refractivity contribution is 7.90. The van der Waals surface area contributed by atoms with Crippen molar-refractivity contribution in [1.82, 2.24) is 0 Å². The highest BCUT2D eigenvalue weighted by Gasteiger charge is 2.73. The molecular formula is C22H20ClF7N2O4S. The van der Waals surface area contributed by atoms with Crippen molar-refractivity contribution in [2.75, 3.05) is 17.3 Å². The number of nitrogens with two attached hydrogens (primary N) is 1. The Morgan fingerprint density at radius 1 is 1.03 bits per heavy atom. The van der Waals surface area contributed by atoms with Gasteiger partial charge in [-0.1, -0.05) is 30.7 Å². The summed E-state index contributed by atoms with van der Waals surface area (Å²) in [6, 6.07) is 3.51. The second-order valence-electron chi connectivity index (χ2n) is 8.42. The minimum Gasteiger partial charge on any atom is -0.366 e. The predicted octanol–water partition coefficient (Wildman–Crippen LogP) is 5.44. The van der Waals surface area contributed by atoms with Gasteiger partial charge in [-0.15, -0.1) is 0 Å². The molecule has 3 N–H and O–H groups in total. The lowest BCUT2D eigenvalue weighted by molar-refractivity contribution is -0.348. The number of benzene rings is 2. The fourth-order valence-electron chi connectivity index (χ4n) is 3.59. The second kappa shape index (κ2) is 10.1. The third-order valence-corrected chi connectivity index (χ3v) is 6.78. The molecule has 0 aliphatic carbocycles. The number of halogens is 8. The Hall–Kier alpha value is -2.87. The van der Waals surface area contributed by atoms with Gasteiger partial charge in [0.1, 0.15) is 9.84 Å². The van der Waals surface area contributed by atoms with Gasteiger partial charge in [-0.3, -0.25) is 9.59 Å². The summed E-state index contributed by atoms with van der Waals surface area (Å²) in [5.74, 6) is -3.26. The highest BCUT2D eigenvalue weighted by atomic mass is 35.5. The first-order chi connectivity index (χ1) is 16.6. The molecule has 0 aliphatic heterocycles. The summed E-state index contributed by atoms with van der Waals surface area (Å²) in [6.45, 7) is 2.53. The Morgan fingerprint density at radius 3 is 2.00 bits per heavy atom. The van der Waals surface area contributed by atoms with Gasteiger partial charge >= 0.3 is 18.0 Å². The summed E-state index contributed by atoms with van der Waals surface area (Å²) in [5.41, 5.74) is -3.44. The van der Waals surface area contributed by atoms with E-state index in [1.165, 1.54) is 13.0 Å². The molecule has 1 atom stereocenters. The van der Waals surface area contributed by atoms with E-state index in [0.29, 0.717) is 6.07 Å². The van der Waals surface area contributed by atoms with Crippen LogP contribution in [-0.4, -0.2) is 44.6 Å². The van der Waals surface area contributed by atoms with Crippen LogP contribution in [0.5, 0.6) is 0 Å². The Labute approximate surface area is 211 Å². The number of nitrogens with one attached hydrogen (secondary N) is 1. The van der Waals surface area contributed by atoms with Crippen molar-refractivity contribution < 1.29 is 48.7 Å². The molecule has 0 unspecified atom stereocenters. The zero-order valence-corrected chi connectivity index (χ0v) is 20.9. The summed E-state index contributed by atoms with van der Waals surface area (Å²) in [7, 11) is -3.46. The first-order valence-electron chi connectivity index (χ1n) is 10.2. The molecule has 2 aromatic carbocycles. The van der Waals surface area contributed by atoms with Gasteiger partial charge in [0.2, 0.25) is 0 Å². The lowest BCUT2D eigenvalue weighted by atomic mass is 9.92. The monoisotopic (exact) mass is 576 g/mol. The molecule has 0 saturated heterocycles. The maximum Gasteiger partial charge on any atom is 0.435 e. The number of aryl methyl sites for hydroxylation is 1. The predicted molar refractivity (Wildman–Crippen MR) is 122 cm³/mol. The molecule has 0 saturated carbocycles. The quantitative estimate of drug-likeness (QED) is 0.428. The SMILES string of the molecule is Cc1cc(C(F)(C(F)(F)F)C(F)(F)F)ccc1NC(=O)c1cc([C@H](C)CS(C)(=O)=O)cc(Cl)c1C(N)=O. The Balaban J connectivity index is 2.54. The number of hydrogen-bond acceptors (Lipinski definition) is 4. The summed E-state index contributed by atoms with van der Waals surface area (Å²) >= 11 is 6.09. The van der Waals surface area contributed by atoms with Crippen LogP contribution in [0.3, 0.4) is 0 Å². The van der Waals surface area contributed by atoms with E-state index >= 15 is 0 Å². The van der Waals surface area contributed by atoms with Crippen LogP contribution in [0.25, 0.3) is 0 Å². The van der Waals surface area contributed by atoms with Crippen molar-refractivity contribution in [2.24, 2.45) is 5.73 Å². The number of rotatable bonds is 7. The molecular weight excluding hydrogens is 557 g/mol. The molecule has 37 heavy (non-hydrogen) atoms. The van der Waals surface area contributed by atoms with Gasteiger partial charge in [0.25, 0.3) is 11.8 Å².